The van der Waals surface area contributed by atoms with Gasteiger partial charge in [-0.2, -0.15) is 13.2 Å². The van der Waals surface area contributed by atoms with Crippen molar-refractivity contribution in [1.82, 2.24) is 4.98 Å². The molecule has 1 fully saturated rings. The number of hydrogen-bond donors (Lipinski definition) is 0. The second-order valence-electron chi connectivity index (χ2n) is 5.33. The standard InChI is InChI=1S/C11H15F3N2O2S2/c1-10(2)3-4-16(5-6-20(10,17)18)9-15-8(7-19-9)11(12,13)14/h7H,3-6H2,1-2H3. The summed E-state index contributed by atoms with van der Waals surface area (Å²) in [4.78, 5) is 5.18. The zero-order valence-corrected chi connectivity index (χ0v) is 12.7. The first-order valence-electron chi connectivity index (χ1n) is 6.03. The lowest BCUT2D eigenvalue weighted by Gasteiger charge is -2.22. The summed E-state index contributed by atoms with van der Waals surface area (Å²) in [5.41, 5.74) is -0.927. The fourth-order valence-electron chi connectivity index (χ4n) is 1.91. The highest BCUT2D eigenvalue weighted by Crippen LogP contribution is 2.34. The monoisotopic (exact) mass is 328 g/mol. The van der Waals surface area contributed by atoms with Gasteiger partial charge in [0.2, 0.25) is 0 Å². The lowest BCUT2D eigenvalue weighted by atomic mass is 10.1. The van der Waals surface area contributed by atoms with Gasteiger partial charge in [-0.25, -0.2) is 13.4 Å². The van der Waals surface area contributed by atoms with E-state index < -0.39 is 26.5 Å². The molecule has 114 valence electrons. The van der Waals surface area contributed by atoms with E-state index in [9.17, 15) is 21.6 Å². The third kappa shape index (κ3) is 2.93. The van der Waals surface area contributed by atoms with E-state index in [1.807, 2.05) is 0 Å². The number of rotatable bonds is 1. The Labute approximate surface area is 119 Å². The van der Waals surface area contributed by atoms with Gasteiger partial charge in [-0.05, 0) is 20.3 Å². The normalized spacial score (nSPS) is 22.6. The van der Waals surface area contributed by atoms with E-state index in [4.69, 9.17) is 0 Å². The maximum Gasteiger partial charge on any atom is 0.434 e. The predicted molar refractivity (Wildman–Crippen MR) is 71.8 cm³/mol. The van der Waals surface area contributed by atoms with Crippen molar-refractivity contribution < 1.29 is 21.6 Å². The molecule has 0 radical (unpaired) electrons. The van der Waals surface area contributed by atoms with Crippen molar-refractivity contribution in [2.45, 2.75) is 31.2 Å². The molecule has 0 aliphatic carbocycles. The first-order chi connectivity index (χ1) is 9.03. The molecule has 0 amide bonds. The summed E-state index contributed by atoms with van der Waals surface area (Å²) < 4.78 is 60.8. The minimum absolute atomic E-state index is 0.0685. The summed E-state index contributed by atoms with van der Waals surface area (Å²) in [5, 5.41) is 1.19. The third-order valence-corrected chi connectivity index (χ3v) is 7.02. The maximum absolute atomic E-state index is 12.5. The summed E-state index contributed by atoms with van der Waals surface area (Å²) in [6.45, 7) is 3.86. The molecule has 0 saturated carbocycles. The molecule has 0 unspecified atom stereocenters. The molecule has 1 saturated heterocycles. The molecule has 2 heterocycles. The molecule has 4 nitrogen and oxygen atoms in total. The SMILES string of the molecule is CC1(C)CCN(c2nc(C(F)(F)F)cs2)CCS1(=O)=O. The summed E-state index contributed by atoms with van der Waals surface area (Å²) in [6.07, 6.45) is -4.10. The van der Waals surface area contributed by atoms with Crippen LogP contribution in [0.4, 0.5) is 18.3 Å². The Balaban J connectivity index is 2.22. The average molecular weight is 328 g/mol. The molecule has 0 atom stereocenters. The summed E-state index contributed by atoms with van der Waals surface area (Å²) in [6, 6.07) is 0. The van der Waals surface area contributed by atoms with E-state index in [0.717, 1.165) is 16.7 Å². The van der Waals surface area contributed by atoms with Crippen molar-refractivity contribution >= 4 is 26.3 Å². The summed E-state index contributed by atoms with van der Waals surface area (Å²) in [5.74, 6) is -0.0685. The van der Waals surface area contributed by atoms with E-state index in [2.05, 4.69) is 4.98 Å². The first kappa shape index (κ1) is 15.6. The van der Waals surface area contributed by atoms with Gasteiger partial charge in [0.25, 0.3) is 0 Å². The lowest BCUT2D eigenvalue weighted by molar-refractivity contribution is -0.140. The van der Waals surface area contributed by atoms with Gasteiger partial charge in [0.15, 0.2) is 20.7 Å². The molecule has 1 aromatic heterocycles. The van der Waals surface area contributed by atoms with Crippen LogP contribution in [0.2, 0.25) is 0 Å². The molecule has 0 aromatic carbocycles. The Morgan fingerprint density at radius 3 is 2.55 bits per heavy atom. The van der Waals surface area contributed by atoms with Crippen molar-refractivity contribution in [3.05, 3.63) is 11.1 Å². The van der Waals surface area contributed by atoms with Gasteiger partial charge in [0, 0.05) is 18.5 Å². The van der Waals surface area contributed by atoms with Crippen LogP contribution in [0.3, 0.4) is 0 Å². The van der Waals surface area contributed by atoms with Gasteiger partial charge >= 0.3 is 6.18 Å². The molecule has 0 N–H and O–H groups in total. The van der Waals surface area contributed by atoms with Crippen molar-refractivity contribution in [3.8, 4) is 0 Å². The van der Waals surface area contributed by atoms with Crippen LogP contribution in [-0.2, 0) is 16.0 Å². The molecule has 0 spiro atoms. The highest BCUT2D eigenvalue weighted by atomic mass is 32.2. The van der Waals surface area contributed by atoms with Crippen molar-refractivity contribution in [2.24, 2.45) is 0 Å². The smallest absolute Gasteiger partial charge is 0.347 e. The van der Waals surface area contributed by atoms with Gasteiger partial charge in [-0.1, -0.05) is 0 Å². The highest BCUT2D eigenvalue weighted by Gasteiger charge is 2.38. The predicted octanol–water partition coefficient (Wildman–Crippen LogP) is 2.57. The number of hydrogen-bond acceptors (Lipinski definition) is 5. The zero-order valence-electron chi connectivity index (χ0n) is 11.1. The Kier molecular flexibility index (Phi) is 3.79. The van der Waals surface area contributed by atoms with E-state index >= 15 is 0 Å². The number of halogens is 3. The van der Waals surface area contributed by atoms with Gasteiger partial charge in [-0.3, -0.25) is 0 Å². The Morgan fingerprint density at radius 1 is 1.35 bits per heavy atom. The fourth-order valence-corrected chi connectivity index (χ4v) is 4.21. The number of sulfone groups is 1. The molecule has 0 bridgehead atoms. The number of alkyl halides is 3. The van der Waals surface area contributed by atoms with Crippen LogP contribution >= 0.6 is 11.3 Å². The van der Waals surface area contributed by atoms with Crippen LogP contribution in [0.15, 0.2) is 5.38 Å². The van der Waals surface area contributed by atoms with Gasteiger partial charge < -0.3 is 4.90 Å². The maximum atomic E-state index is 12.5. The fraction of sp³-hybridized carbons (Fsp3) is 0.727. The molecule has 1 aliphatic heterocycles. The summed E-state index contributed by atoms with van der Waals surface area (Å²) in [7, 11) is -3.25. The second-order valence-corrected chi connectivity index (χ2v) is 8.91. The molecule has 20 heavy (non-hydrogen) atoms. The molecule has 1 aliphatic rings. The minimum Gasteiger partial charge on any atom is -0.347 e. The second kappa shape index (κ2) is 4.87. The first-order valence-corrected chi connectivity index (χ1v) is 8.56. The summed E-state index contributed by atoms with van der Waals surface area (Å²) >= 11 is 0.892. The molecule has 1 aromatic rings. The topological polar surface area (TPSA) is 50.3 Å². The van der Waals surface area contributed by atoms with Crippen LogP contribution < -0.4 is 4.90 Å². The van der Waals surface area contributed by atoms with Crippen molar-refractivity contribution in [3.63, 3.8) is 0 Å². The number of anilines is 1. The zero-order chi connectivity index (χ0) is 15.2. The van der Waals surface area contributed by atoms with E-state index in [1.165, 1.54) is 0 Å². The van der Waals surface area contributed by atoms with Gasteiger partial charge in [-0.15, -0.1) is 11.3 Å². The van der Waals surface area contributed by atoms with Crippen LogP contribution in [0, 0.1) is 0 Å². The molecular formula is C11H15F3N2O2S2. The molecule has 2 rings (SSSR count). The minimum atomic E-state index is -4.47. The Hall–Kier alpha value is -0.830. The van der Waals surface area contributed by atoms with Crippen LogP contribution in [0.1, 0.15) is 26.0 Å². The van der Waals surface area contributed by atoms with Crippen LogP contribution in [0.5, 0.6) is 0 Å². The van der Waals surface area contributed by atoms with E-state index in [1.54, 1.807) is 18.7 Å². The van der Waals surface area contributed by atoms with Crippen molar-refractivity contribution in [2.75, 3.05) is 23.7 Å². The Morgan fingerprint density at radius 2 is 2.00 bits per heavy atom. The van der Waals surface area contributed by atoms with E-state index in [0.29, 0.717) is 13.0 Å². The van der Waals surface area contributed by atoms with Crippen LogP contribution in [0.25, 0.3) is 0 Å². The largest absolute Gasteiger partial charge is 0.434 e. The number of nitrogens with zero attached hydrogens (tertiary/aromatic N) is 2. The number of aromatic nitrogens is 1. The third-order valence-electron chi connectivity index (χ3n) is 3.51. The molecule has 9 heteroatoms. The van der Waals surface area contributed by atoms with Gasteiger partial charge in [0.1, 0.15) is 0 Å². The average Bonchev–Trinajstić information content (AvgIpc) is 2.73. The lowest BCUT2D eigenvalue weighted by Crippen LogP contribution is -2.33. The van der Waals surface area contributed by atoms with Gasteiger partial charge in [0.05, 0.1) is 10.5 Å². The molecular weight excluding hydrogens is 313 g/mol. The highest BCUT2D eigenvalue weighted by molar-refractivity contribution is 7.92. The quantitative estimate of drug-likeness (QED) is 0.795. The number of thiazole rings is 1. The van der Waals surface area contributed by atoms with E-state index in [-0.39, 0.29) is 17.4 Å². The van der Waals surface area contributed by atoms with Crippen LogP contribution in [-0.4, -0.2) is 37.0 Å². The van der Waals surface area contributed by atoms with Crippen molar-refractivity contribution in [1.29, 1.82) is 0 Å². The Bertz CT molecular complexity index is 593.